The van der Waals surface area contributed by atoms with Crippen molar-refractivity contribution in [3.8, 4) is 11.5 Å². The van der Waals surface area contributed by atoms with E-state index in [2.05, 4.69) is 46.3 Å². The Hall–Kier alpha value is -1.48. The zero-order chi connectivity index (χ0) is 12.4. The second-order valence-corrected chi connectivity index (χ2v) is 5.10. The van der Waals surface area contributed by atoms with Gasteiger partial charge in [0, 0.05) is 4.47 Å². The van der Waals surface area contributed by atoms with E-state index in [1.54, 1.807) is 0 Å². The predicted molar refractivity (Wildman–Crippen MR) is 74.4 cm³/mol. The normalized spacial score (nSPS) is 13.4. The van der Waals surface area contributed by atoms with Crippen molar-refractivity contribution in [2.75, 3.05) is 13.2 Å². The Labute approximate surface area is 115 Å². The van der Waals surface area contributed by atoms with E-state index in [9.17, 15) is 0 Å². The van der Waals surface area contributed by atoms with Gasteiger partial charge in [-0.1, -0.05) is 40.2 Å². The fraction of sp³-hybridized carbons (Fsp3) is 0.200. The van der Waals surface area contributed by atoms with Gasteiger partial charge in [-0.15, -0.1) is 0 Å². The van der Waals surface area contributed by atoms with Gasteiger partial charge in [-0.2, -0.15) is 0 Å². The predicted octanol–water partition coefficient (Wildman–Crippen LogP) is 3.81. The summed E-state index contributed by atoms with van der Waals surface area (Å²) in [5.74, 6) is 1.70. The van der Waals surface area contributed by atoms with Crippen LogP contribution in [0.25, 0.3) is 0 Å². The lowest BCUT2D eigenvalue weighted by Gasteiger charge is -2.19. The molecule has 0 saturated heterocycles. The maximum atomic E-state index is 5.60. The lowest BCUT2D eigenvalue weighted by atomic mass is 10.0. The minimum Gasteiger partial charge on any atom is -0.486 e. The van der Waals surface area contributed by atoms with Crippen molar-refractivity contribution in [1.82, 2.24) is 0 Å². The smallest absolute Gasteiger partial charge is 0.161 e. The van der Waals surface area contributed by atoms with Gasteiger partial charge in [-0.25, -0.2) is 0 Å². The van der Waals surface area contributed by atoms with Crippen molar-refractivity contribution < 1.29 is 9.47 Å². The minimum absolute atomic E-state index is 0.630. The highest BCUT2D eigenvalue weighted by Crippen LogP contribution is 2.32. The van der Waals surface area contributed by atoms with Gasteiger partial charge < -0.3 is 9.47 Å². The van der Waals surface area contributed by atoms with Crippen LogP contribution in [-0.4, -0.2) is 13.2 Å². The largest absolute Gasteiger partial charge is 0.486 e. The summed E-state index contributed by atoms with van der Waals surface area (Å²) in [5, 5.41) is 0. The van der Waals surface area contributed by atoms with Crippen LogP contribution in [0.5, 0.6) is 11.5 Å². The molecule has 1 aliphatic heterocycles. The Morgan fingerprint density at radius 2 is 1.72 bits per heavy atom. The average molecular weight is 305 g/mol. The van der Waals surface area contributed by atoms with E-state index in [1.807, 2.05) is 12.1 Å². The van der Waals surface area contributed by atoms with Gasteiger partial charge >= 0.3 is 0 Å². The molecule has 92 valence electrons. The summed E-state index contributed by atoms with van der Waals surface area (Å²) >= 11 is 3.57. The number of hydrogen-bond donors (Lipinski definition) is 0. The van der Waals surface area contributed by atoms with Crippen LogP contribution in [0, 0.1) is 0 Å². The van der Waals surface area contributed by atoms with Crippen LogP contribution in [0.3, 0.4) is 0 Å². The molecular weight excluding hydrogens is 292 g/mol. The van der Waals surface area contributed by atoms with Gasteiger partial charge in [0.25, 0.3) is 0 Å². The second-order valence-electron chi connectivity index (χ2n) is 4.25. The number of hydrogen-bond acceptors (Lipinski definition) is 2. The van der Waals surface area contributed by atoms with Crippen LogP contribution < -0.4 is 9.47 Å². The van der Waals surface area contributed by atoms with Crippen LogP contribution in [0.4, 0.5) is 0 Å². The standard InChI is InChI=1S/C15H13BrO2/c16-13-4-2-1-3-12(13)9-11-5-6-14-15(10-11)18-8-7-17-14/h1-6,10H,7-9H2. The highest BCUT2D eigenvalue weighted by atomic mass is 79.9. The molecule has 0 aromatic heterocycles. The van der Waals surface area contributed by atoms with Crippen molar-refractivity contribution in [3.05, 3.63) is 58.1 Å². The number of ether oxygens (including phenoxy) is 2. The van der Waals surface area contributed by atoms with Gasteiger partial charge in [0.1, 0.15) is 13.2 Å². The van der Waals surface area contributed by atoms with Crippen LogP contribution in [0.2, 0.25) is 0 Å². The molecule has 0 aliphatic carbocycles. The molecule has 0 saturated carbocycles. The first-order valence-corrected chi connectivity index (χ1v) is 6.74. The third kappa shape index (κ3) is 2.36. The van der Waals surface area contributed by atoms with Crippen LogP contribution in [0.1, 0.15) is 11.1 Å². The third-order valence-corrected chi connectivity index (χ3v) is 3.73. The highest BCUT2D eigenvalue weighted by Gasteiger charge is 2.12. The van der Waals surface area contributed by atoms with E-state index in [0.717, 1.165) is 22.4 Å². The quantitative estimate of drug-likeness (QED) is 0.840. The summed E-state index contributed by atoms with van der Waals surface area (Å²) < 4.78 is 12.3. The van der Waals surface area contributed by atoms with E-state index >= 15 is 0 Å². The molecule has 0 atom stereocenters. The molecule has 2 nitrogen and oxygen atoms in total. The van der Waals surface area contributed by atoms with Crippen LogP contribution in [0.15, 0.2) is 46.9 Å². The Morgan fingerprint density at radius 3 is 2.56 bits per heavy atom. The molecule has 18 heavy (non-hydrogen) atoms. The Bertz CT molecular complexity index is 566. The summed E-state index contributed by atoms with van der Waals surface area (Å²) in [7, 11) is 0. The van der Waals surface area contributed by atoms with Gasteiger partial charge in [-0.3, -0.25) is 0 Å². The SMILES string of the molecule is Brc1ccccc1Cc1ccc2c(c1)OCCO2. The molecule has 0 amide bonds. The van der Waals surface area contributed by atoms with Crippen molar-refractivity contribution >= 4 is 15.9 Å². The van der Waals surface area contributed by atoms with Gasteiger partial charge in [0.15, 0.2) is 11.5 Å². The molecule has 0 N–H and O–H groups in total. The maximum Gasteiger partial charge on any atom is 0.161 e. The number of fused-ring (bicyclic) bond motifs is 1. The summed E-state index contributed by atoms with van der Waals surface area (Å²) in [5.41, 5.74) is 2.50. The van der Waals surface area contributed by atoms with Crippen molar-refractivity contribution in [2.24, 2.45) is 0 Å². The lowest BCUT2D eigenvalue weighted by Crippen LogP contribution is -2.15. The summed E-state index contributed by atoms with van der Waals surface area (Å²) in [6.07, 6.45) is 0.887. The fourth-order valence-electron chi connectivity index (χ4n) is 2.06. The molecule has 0 radical (unpaired) electrons. The molecule has 1 heterocycles. The second kappa shape index (κ2) is 5.02. The average Bonchev–Trinajstić information content (AvgIpc) is 2.41. The monoisotopic (exact) mass is 304 g/mol. The fourth-order valence-corrected chi connectivity index (χ4v) is 2.48. The van der Waals surface area contributed by atoms with Gasteiger partial charge in [0.05, 0.1) is 0 Å². The number of rotatable bonds is 2. The number of benzene rings is 2. The van der Waals surface area contributed by atoms with Crippen LogP contribution in [-0.2, 0) is 6.42 Å². The third-order valence-electron chi connectivity index (χ3n) is 2.96. The maximum absolute atomic E-state index is 5.60. The molecule has 1 aliphatic rings. The molecule has 3 heteroatoms. The highest BCUT2D eigenvalue weighted by molar-refractivity contribution is 9.10. The van der Waals surface area contributed by atoms with Gasteiger partial charge in [0.2, 0.25) is 0 Å². The van der Waals surface area contributed by atoms with Crippen molar-refractivity contribution in [3.63, 3.8) is 0 Å². The van der Waals surface area contributed by atoms with E-state index in [1.165, 1.54) is 11.1 Å². The summed E-state index contributed by atoms with van der Waals surface area (Å²) in [6, 6.07) is 14.4. The number of halogens is 1. The topological polar surface area (TPSA) is 18.5 Å². The zero-order valence-corrected chi connectivity index (χ0v) is 11.4. The first-order chi connectivity index (χ1) is 8.83. The molecular formula is C15H13BrO2. The lowest BCUT2D eigenvalue weighted by molar-refractivity contribution is 0.171. The molecule has 0 fully saturated rings. The molecule has 0 unspecified atom stereocenters. The van der Waals surface area contributed by atoms with E-state index in [4.69, 9.17) is 9.47 Å². The minimum atomic E-state index is 0.630. The van der Waals surface area contributed by atoms with E-state index < -0.39 is 0 Å². The molecule has 3 rings (SSSR count). The van der Waals surface area contributed by atoms with Crippen molar-refractivity contribution in [2.45, 2.75) is 6.42 Å². The van der Waals surface area contributed by atoms with E-state index in [-0.39, 0.29) is 0 Å². The first kappa shape index (κ1) is 11.6. The zero-order valence-electron chi connectivity index (χ0n) is 9.86. The Morgan fingerprint density at radius 1 is 0.944 bits per heavy atom. The van der Waals surface area contributed by atoms with Crippen LogP contribution >= 0.6 is 15.9 Å². The van der Waals surface area contributed by atoms with Gasteiger partial charge in [-0.05, 0) is 35.7 Å². The molecule has 2 aromatic carbocycles. The Kier molecular flexibility index (Phi) is 3.24. The van der Waals surface area contributed by atoms with Crippen molar-refractivity contribution in [1.29, 1.82) is 0 Å². The van der Waals surface area contributed by atoms with E-state index in [0.29, 0.717) is 13.2 Å². The molecule has 0 spiro atoms. The summed E-state index contributed by atoms with van der Waals surface area (Å²) in [4.78, 5) is 0. The Balaban J connectivity index is 1.87. The molecule has 2 aromatic rings. The summed E-state index contributed by atoms with van der Waals surface area (Å²) in [6.45, 7) is 1.27. The first-order valence-electron chi connectivity index (χ1n) is 5.95. The molecule has 0 bridgehead atoms.